The lowest BCUT2D eigenvalue weighted by Crippen LogP contribution is -2.22. The van der Waals surface area contributed by atoms with Gasteiger partial charge < -0.3 is 14.2 Å². The van der Waals surface area contributed by atoms with E-state index in [9.17, 15) is 9.59 Å². The van der Waals surface area contributed by atoms with Crippen molar-refractivity contribution in [3.63, 3.8) is 0 Å². The molecule has 0 N–H and O–H groups in total. The van der Waals surface area contributed by atoms with Gasteiger partial charge in [0.25, 0.3) is 5.91 Å². The number of anilines is 1. The van der Waals surface area contributed by atoms with Crippen LogP contribution in [0.15, 0.2) is 47.1 Å². The molecule has 0 radical (unpaired) electrons. The number of nitrogens with zero attached hydrogens (tertiary/aromatic N) is 2. The zero-order valence-corrected chi connectivity index (χ0v) is 18.7. The molecule has 0 saturated heterocycles. The van der Waals surface area contributed by atoms with Gasteiger partial charge in [-0.1, -0.05) is 17.7 Å². The number of benzene rings is 2. The molecule has 3 rings (SSSR count). The molecule has 0 aliphatic carbocycles. The summed E-state index contributed by atoms with van der Waals surface area (Å²) in [7, 11) is 3.11. The Hall–Kier alpha value is -3.32. The van der Waals surface area contributed by atoms with Crippen molar-refractivity contribution in [1.29, 1.82) is 0 Å². The smallest absolute Gasteiger partial charge is 0.339 e. The second kappa shape index (κ2) is 9.22. The molecular weight excluding hydrogens is 420 g/mol. The van der Waals surface area contributed by atoms with E-state index in [0.717, 1.165) is 5.56 Å². The Morgan fingerprint density at radius 3 is 2.45 bits per heavy atom. The molecule has 0 aromatic heterocycles. The highest BCUT2D eigenvalue weighted by Crippen LogP contribution is 2.31. The minimum absolute atomic E-state index is 0.172. The third-order valence-electron chi connectivity index (χ3n) is 4.54. The van der Waals surface area contributed by atoms with Crippen molar-refractivity contribution >= 4 is 41.0 Å². The Balaban J connectivity index is 1.93. The van der Waals surface area contributed by atoms with Gasteiger partial charge in [-0.25, -0.2) is 4.79 Å². The minimum Gasteiger partial charge on any atom is -0.493 e. The van der Waals surface area contributed by atoms with Crippen LogP contribution in [0.2, 0.25) is 5.02 Å². The summed E-state index contributed by atoms with van der Waals surface area (Å²) in [6.45, 7) is 5.24. The number of ether oxygens (including phenoxy) is 3. The number of hydrazone groups is 1. The molecule has 2 aromatic carbocycles. The number of rotatable bonds is 6. The number of carbonyl (C=O) groups excluding carboxylic acids is 2. The lowest BCUT2D eigenvalue weighted by Gasteiger charge is -2.15. The van der Waals surface area contributed by atoms with E-state index in [1.54, 1.807) is 65.3 Å². The normalized spacial score (nSPS) is 14.8. The maximum Gasteiger partial charge on any atom is 0.339 e. The summed E-state index contributed by atoms with van der Waals surface area (Å²) in [5, 5.41) is 5.84. The number of carbonyl (C=O) groups is 2. The van der Waals surface area contributed by atoms with Gasteiger partial charge in [-0.15, -0.1) is 0 Å². The van der Waals surface area contributed by atoms with E-state index in [-0.39, 0.29) is 22.6 Å². The molecule has 162 valence electrons. The van der Waals surface area contributed by atoms with Crippen LogP contribution in [-0.4, -0.2) is 37.9 Å². The van der Waals surface area contributed by atoms with Gasteiger partial charge in [0.2, 0.25) is 0 Å². The molecule has 0 atom stereocenters. The first-order valence-corrected chi connectivity index (χ1v) is 9.97. The molecule has 1 heterocycles. The van der Waals surface area contributed by atoms with Crippen LogP contribution in [0.3, 0.4) is 0 Å². The molecule has 0 unspecified atom stereocenters. The number of amides is 1. The topological polar surface area (TPSA) is 77.4 Å². The lowest BCUT2D eigenvalue weighted by atomic mass is 10.1. The summed E-state index contributed by atoms with van der Waals surface area (Å²) in [4.78, 5) is 25.4. The zero-order chi connectivity index (χ0) is 22.7. The van der Waals surface area contributed by atoms with Crippen molar-refractivity contribution in [2.45, 2.75) is 26.9 Å². The SMILES string of the molecule is COc1ccc(/C=C2\C(=O)N(c3ccc(Cl)c(C(=O)OC(C)C)c3)N=C2C)cc1OC. The fourth-order valence-electron chi connectivity index (χ4n) is 3.05. The van der Waals surface area contributed by atoms with Gasteiger partial charge in [0, 0.05) is 0 Å². The largest absolute Gasteiger partial charge is 0.493 e. The van der Waals surface area contributed by atoms with E-state index < -0.39 is 5.97 Å². The van der Waals surface area contributed by atoms with E-state index >= 15 is 0 Å². The predicted molar refractivity (Wildman–Crippen MR) is 120 cm³/mol. The summed E-state index contributed by atoms with van der Waals surface area (Å²) in [6.07, 6.45) is 1.43. The highest BCUT2D eigenvalue weighted by Gasteiger charge is 2.30. The molecule has 2 aromatic rings. The summed E-state index contributed by atoms with van der Waals surface area (Å²) < 4.78 is 15.8. The molecule has 1 aliphatic rings. The number of hydrogen-bond acceptors (Lipinski definition) is 6. The maximum atomic E-state index is 13.1. The van der Waals surface area contributed by atoms with E-state index in [4.69, 9.17) is 25.8 Å². The second-order valence-corrected chi connectivity index (χ2v) is 7.50. The predicted octanol–water partition coefficient (Wildman–Crippen LogP) is 4.73. The van der Waals surface area contributed by atoms with Gasteiger partial charge in [0.05, 0.1) is 47.9 Å². The first kappa shape index (κ1) is 22.4. The first-order valence-electron chi connectivity index (χ1n) is 9.59. The second-order valence-electron chi connectivity index (χ2n) is 7.09. The van der Waals surface area contributed by atoms with Gasteiger partial charge in [0.1, 0.15) is 0 Å². The molecule has 0 saturated carbocycles. The highest BCUT2D eigenvalue weighted by atomic mass is 35.5. The molecular formula is C23H23ClN2O5. The fraction of sp³-hybridized carbons (Fsp3) is 0.261. The zero-order valence-electron chi connectivity index (χ0n) is 17.9. The molecule has 0 bridgehead atoms. The van der Waals surface area contributed by atoms with Crippen LogP contribution in [0.4, 0.5) is 5.69 Å². The van der Waals surface area contributed by atoms with E-state index in [1.165, 1.54) is 11.1 Å². The number of methoxy groups -OCH3 is 2. The van der Waals surface area contributed by atoms with E-state index in [2.05, 4.69) is 5.10 Å². The maximum absolute atomic E-state index is 13.1. The number of hydrogen-bond donors (Lipinski definition) is 0. The van der Waals surface area contributed by atoms with Crippen LogP contribution in [-0.2, 0) is 9.53 Å². The highest BCUT2D eigenvalue weighted by molar-refractivity contribution is 6.34. The first-order chi connectivity index (χ1) is 14.7. The third kappa shape index (κ3) is 4.72. The molecule has 0 fully saturated rings. The fourth-order valence-corrected chi connectivity index (χ4v) is 3.24. The monoisotopic (exact) mass is 442 g/mol. The van der Waals surface area contributed by atoms with Crippen molar-refractivity contribution in [2.75, 3.05) is 19.2 Å². The average Bonchev–Trinajstić information content (AvgIpc) is 3.01. The summed E-state index contributed by atoms with van der Waals surface area (Å²) in [6, 6.07) is 10.0. The van der Waals surface area contributed by atoms with Gasteiger partial charge in [-0.3, -0.25) is 4.79 Å². The van der Waals surface area contributed by atoms with E-state index in [1.807, 2.05) is 6.07 Å². The summed E-state index contributed by atoms with van der Waals surface area (Å²) >= 11 is 6.16. The Morgan fingerprint density at radius 1 is 1.10 bits per heavy atom. The van der Waals surface area contributed by atoms with E-state index in [0.29, 0.717) is 28.5 Å². The van der Waals surface area contributed by atoms with Crippen molar-refractivity contribution in [2.24, 2.45) is 5.10 Å². The van der Waals surface area contributed by atoms with Gasteiger partial charge in [0.15, 0.2) is 11.5 Å². The summed E-state index contributed by atoms with van der Waals surface area (Å²) in [5.41, 5.74) is 2.32. The number of esters is 1. The van der Waals surface area contributed by atoms with Crippen molar-refractivity contribution in [1.82, 2.24) is 0 Å². The quantitative estimate of drug-likeness (QED) is 0.477. The van der Waals surface area contributed by atoms with Gasteiger partial charge in [-0.05, 0) is 62.7 Å². The van der Waals surface area contributed by atoms with Crippen LogP contribution < -0.4 is 14.5 Å². The van der Waals surface area contributed by atoms with Gasteiger partial charge >= 0.3 is 5.97 Å². The molecule has 31 heavy (non-hydrogen) atoms. The van der Waals surface area contributed by atoms with Crippen molar-refractivity contribution < 1.29 is 23.8 Å². The molecule has 7 nitrogen and oxygen atoms in total. The lowest BCUT2D eigenvalue weighted by molar-refractivity contribution is -0.114. The Bertz CT molecular complexity index is 1090. The van der Waals surface area contributed by atoms with Crippen molar-refractivity contribution in [3.8, 4) is 11.5 Å². The van der Waals surface area contributed by atoms with Gasteiger partial charge in [-0.2, -0.15) is 10.1 Å². The minimum atomic E-state index is -0.560. The average molecular weight is 443 g/mol. The van der Waals surface area contributed by atoms with Crippen LogP contribution in [0.1, 0.15) is 36.7 Å². The molecule has 0 spiro atoms. The van der Waals surface area contributed by atoms with Crippen LogP contribution in [0.5, 0.6) is 11.5 Å². The molecule has 1 aliphatic heterocycles. The Kier molecular flexibility index (Phi) is 6.65. The van der Waals surface area contributed by atoms with Crippen LogP contribution in [0.25, 0.3) is 6.08 Å². The Morgan fingerprint density at radius 2 is 1.81 bits per heavy atom. The molecule has 8 heteroatoms. The standard InChI is InChI=1S/C23H23ClN2O5/c1-13(2)31-23(28)18-12-16(7-8-19(18)24)26-22(27)17(14(3)25-26)10-15-6-9-20(29-4)21(11-15)30-5/h6-13H,1-5H3/b17-10-. The third-order valence-corrected chi connectivity index (χ3v) is 4.87. The summed E-state index contributed by atoms with van der Waals surface area (Å²) in [5.74, 6) is 0.268. The molecule has 1 amide bonds. The number of halogens is 1. The van der Waals surface area contributed by atoms with Crippen molar-refractivity contribution in [3.05, 3.63) is 58.1 Å². The Labute approximate surface area is 185 Å². The van der Waals surface area contributed by atoms with Crippen LogP contribution in [0, 0.1) is 0 Å². The van der Waals surface area contributed by atoms with Crippen LogP contribution >= 0.6 is 11.6 Å².